The zero-order valence-corrected chi connectivity index (χ0v) is 18.0. The summed E-state index contributed by atoms with van der Waals surface area (Å²) in [5.41, 5.74) is 0.230. The second-order valence-electron chi connectivity index (χ2n) is 7.71. The van der Waals surface area contributed by atoms with E-state index < -0.39 is 35.2 Å². The van der Waals surface area contributed by atoms with Gasteiger partial charge in [-0.05, 0) is 43.0 Å². The van der Waals surface area contributed by atoms with E-state index in [0.717, 1.165) is 10.6 Å². The van der Waals surface area contributed by atoms with Crippen molar-refractivity contribution in [2.75, 3.05) is 0 Å². The van der Waals surface area contributed by atoms with Crippen LogP contribution in [0.1, 0.15) is 54.2 Å². The molecule has 0 radical (unpaired) electrons. The standard InChI is InChI=1S/C23H22ClF2NO4/c1-4-11(2)8-15(23(30)31)18-12(3)27(22(29)13-6-5-7-14(24)9-13)17-10-16(25)21(28)20(26)19(17)18/h5-7,9-11,15,28H,4,8H2,1-3H3,(H,30,31)/t11?,15-/m0/s1. The SMILES string of the molecule is CCC(C)C[C@H](C(=O)O)c1c(C)n(C(=O)c2cccc(Cl)c2)c2cc(F)c(O)c(F)c12. The van der Waals surface area contributed by atoms with Gasteiger partial charge in [-0.2, -0.15) is 0 Å². The zero-order chi connectivity index (χ0) is 23.0. The van der Waals surface area contributed by atoms with Crippen LogP contribution < -0.4 is 0 Å². The highest BCUT2D eigenvalue weighted by molar-refractivity contribution is 6.31. The molecule has 0 saturated carbocycles. The molecule has 1 unspecified atom stereocenters. The number of aromatic nitrogens is 1. The molecule has 0 aliphatic rings. The van der Waals surface area contributed by atoms with Crippen molar-refractivity contribution >= 4 is 34.4 Å². The molecule has 0 spiro atoms. The first-order chi connectivity index (χ1) is 14.6. The third-order valence-corrected chi connectivity index (χ3v) is 5.90. The van der Waals surface area contributed by atoms with Gasteiger partial charge in [-0.25, -0.2) is 8.78 Å². The van der Waals surface area contributed by atoms with Gasteiger partial charge >= 0.3 is 5.97 Å². The number of carbonyl (C=O) groups excluding carboxylic acids is 1. The predicted molar refractivity (Wildman–Crippen MR) is 114 cm³/mol. The van der Waals surface area contributed by atoms with Crippen LogP contribution in [0.15, 0.2) is 30.3 Å². The van der Waals surface area contributed by atoms with Crippen LogP contribution in [-0.2, 0) is 4.79 Å². The molecule has 2 aromatic carbocycles. The normalized spacial score (nSPS) is 13.4. The number of phenols is 1. The number of rotatable bonds is 6. The van der Waals surface area contributed by atoms with E-state index in [9.17, 15) is 24.2 Å². The van der Waals surface area contributed by atoms with Crippen molar-refractivity contribution in [2.45, 2.75) is 39.5 Å². The minimum Gasteiger partial charge on any atom is -0.503 e. The molecule has 0 aliphatic heterocycles. The van der Waals surface area contributed by atoms with Crippen LogP contribution in [0.2, 0.25) is 5.02 Å². The van der Waals surface area contributed by atoms with Crippen LogP contribution >= 0.6 is 11.6 Å². The van der Waals surface area contributed by atoms with E-state index in [2.05, 4.69) is 0 Å². The number of carboxylic acids is 1. The van der Waals surface area contributed by atoms with Gasteiger partial charge in [-0.1, -0.05) is 37.9 Å². The first kappa shape index (κ1) is 22.7. The molecule has 1 heterocycles. The summed E-state index contributed by atoms with van der Waals surface area (Å²) in [5, 5.41) is 19.8. The maximum absolute atomic E-state index is 15.1. The third-order valence-electron chi connectivity index (χ3n) is 5.66. The molecule has 2 N–H and O–H groups in total. The Bertz CT molecular complexity index is 1190. The topological polar surface area (TPSA) is 79.5 Å². The number of fused-ring (bicyclic) bond motifs is 1. The molecule has 0 saturated heterocycles. The number of halogens is 3. The number of carbonyl (C=O) groups is 2. The van der Waals surface area contributed by atoms with Crippen LogP contribution in [0, 0.1) is 24.5 Å². The molecule has 3 rings (SSSR count). The molecule has 0 bridgehead atoms. The van der Waals surface area contributed by atoms with Crippen molar-refractivity contribution in [1.82, 2.24) is 4.57 Å². The van der Waals surface area contributed by atoms with E-state index in [0.29, 0.717) is 11.4 Å². The number of carboxylic acid groups (broad SMARTS) is 1. The number of hydrogen-bond donors (Lipinski definition) is 2. The Balaban J connectivity index is 2.38. The Labute approximate surface area is 182 Å². The van der Waals surface area contributed by atoms with Crippen molar-refractivity contribution in [3.05, 3.63) is 63.8 Å². The maximum Gasteiger partial charge on any atom is 0.311 e. The first-order valence-corrected chi connectivity index (χ1v) is 10.2. The van der Waals surface area contributed by atoms with Crippen LogP contribution in [0.25, 0.3) is 10.9 Å². The van der Waals surface area contributed by atoms with Gasteiger partial charge in [-0.15, -0.1) is 0 Å². The number of phenolic OH excluding ortho intramolecular Hbond substituents is 1. The molecule has 1 aromatic heterocycles. The van der Waals surface area contributed by atoms with Gasteiger partial charge in [0.15, 0.2) is 17.4 Å². The number of hydrogen-bond acceptors (Lipinski definition) is 3. The van der Waals surface area contributed by atoms with E-state index in [4.69, 9.17) is 11.6 Å². The van der Waals surface area contributed by atoms with Crippen molar-refractivity contribution < 1.29 is 28.6 Å². The summed E-state index contributed by atoms with van der Waals surface area (Å²) in [6.45, 7) is 5.26. The number of aliphatic carboxylic acids is 1. The van der Waals surface area contributed by atoms with Gasteiger partial charge in [0.1, 0.15) is 0 Å². The van der Waals surface area contributed by atoms with Gasteiger partial charge in [0.2, 0.25) is 0 Å². The van der Waals surface area contributed by atoms with E-state index in [1.54, 1.807) is 12.1 Å². The maximum atomic E-state index is 15.1. The highest BCUT2D eigenvalue weighted by Gasteiger charge is 2.33. The van der Waals surface area contributed by atoms with Crippen LogP contribution in [0.4, 0.5) is 8.78 Å². The highest BCUT2D eigenvalue weighted by atomic mass is 35.5. The number of benzene rings is 2. The van der Waals surface area contributed by atoms with Crippen LogP contribution in [0.3, 0.4) is 0 Å². The quantitative estimate of drug-likeness (QED) is 0.492. The van der Waals surface area contributed by atoms with Gasteiger partial charge in [-0.3, -0.25) is 14.2 Å². The minimum atomic E-state index is -1.29. The van der Waals surface area contributed by atoms with Gasteiger partial charge in [0.05, 0.1) is 11.4 Å². The van der Waals surface area contributed by atoms with Crippen molar-refractivity contribution in [2.24, 2.45) is 5.92 Å². The summed E-state index contributed by atoms with van der Waals surface area (Å²) < 4.78 is 30.4. The smallest absolute Gasteiger partial charge is 0.311 e. The second kappa shape index (κ2) is 8.67. The summed E-state index contributed by atoms with van der Waals surface area (Å²) in [7, 11) is 0. The van der Waals surface area contributed by atoms with Gasteiger partial charge < -0.3 is 10.2 Å². The molecule has 2 atom stereocenters. The minimum absolute atomic E-state index is 0.000335. The molecule has 3 aromatic rings. The molecule has 31 heavy (non-hydrogen) atoms. The largest absolute Gasteiger partial charge is 0.503 e. The molecule has 164 valence electrons. The molecule has 0 amide bonds. The second-order valence-corrected chi connectivity index (χ2v) is 8.14. The average Bonchev–Trinajstić information content (AvgIpc) is 3.00. The summed E-state index contributed by atoms with van der Waals surface area (Å²) in [5.74, 6) is -6.71. The first-order valence-electron chi connectivity index (χ1n) is 9.83. The molecule has 0 fully saturated rings. The van der Waals surface area contributed by atoms with Crippen molar-refractivity contribution in [3.8, 4) is 5.75 Å². The highest BCUT2D eigenvalue weighted by Crippen LogP contribution is 2.40. The fourth-order valence-corrected chi connectivity index (χ4v) is 4.05. The molecular weight excluding hydrogens is 428 g/mol. The predicted octanol–water partition coefficient (Wildman–Crippen LogP) is 5.88. The van der Waals surface area contributed by atoms with Crippen LogP contribution in [0.5, 0.6) is 5.75 Å². The van der Waals surface area contributed by atoms with Crippen LogP contribution in [-0.4, -0.2) is 26.7 Å². The van der Waals surface area contributed by atoms with E-state index in [1.807, 2.05) is 13.8 Å². The monoisotopic (exact) mass is 449 g/mol. The average molecular weight is 450 g/mol. The van der Waals surface area contributed by atoms with Crippen molar-refractivity contribution in [3.63, 3.8) is 0 Å². The Hall–Kier alpha value is -2.93. The Morgan fingerprint density at radius 1 is 1.23 bits per heavy atom. The fraction of sp³-hybridized carbons (Fsp3) is 0.304. The Kier molecular flexibility index (Phi) is 6.36. The molecular formula is C23H22ClF2NO4. The van der Waals surface area contributed by atoms with E-state index in [1.165, 1.54) is 19.1 Å². The summed E-state index contributed by atoms with van der Waals surface area (Å²) in [4.78, 5) is 25.4. The lowest BCUT2D eigenvalue weighted by Crippen LogP contribution is -2.18. The Morgan fingerprint density at radius 2 is 1.90 bits per heavy atom. The van der Waals surface area contributed by atoms with E-state index in [-0.39, 0.29) is 40.1 Å². The Morgan fingerprint density at radius 3 is 2.48 bits per heavy atom. The lowest BCUT2D eigenvalue weighted by atomic mass is 9.86. The number of aromatic hydroxyl groups is 1. The summed E-state index contributed by atoms with van der Waals surface area (Å²) in [6.07, 6.45) is 0.889. The zero-order valence-electron chi connectivity index (χ0n) is 17.2. The molecule has 5 nitrogen and oxygen atoms in total. The molecule has 8 heteroatoms. The van der Waals surface area contributed by atoms with E-state index >= 15 is 4.39 Å². The lowest BCUT2D eigenvalue weighted by molar-refractivity contribution is -0.139. The van der Waals surface area contributed by atoms with Gasteiger partial charge in [0, 0.05) is 27.7 Å². The van der Waals surface area contributed by atoms with Crippen molar-refractivity contribution in [1.29, 1.82) is 0 Å². The number of nitrogens with zero attached hydrogens (tertiary/aromatic N) is 1. The van der Waals surface area contributed by atoms with Gasteiger partial charge in [0.25, 0.3) is 5.91 Å². The fourth-order valence-electron chi connectivity index (χ4n) is 3.86. The summed E-state index contributed by atoms with van der Waals surface area (Å²) in [6, 6.07) is 6.90. The summed E-state index contributed by atoms with van der Waals surface area (Å²) >= 11 is 5.98. The molecule has 0 aliphatic carbocycles. The third kappa shape index (κ3) is 4.02. The lowest BCUT2D eigenvalue weighted by Gasteiger charge is -2.18.